The van der Waals surface area contributed by atoms with E-state index in [9.17, 15) is 4.79 Å². The van der Waals surface area contributed by atoms with Crippen molar-refractivity contribution >= 4 is 17.6 Å². The molecule has 0 bridgehead atoms. The second kappa shape index (κ2) is 10.4. The van der Waals surface area contributed by atoms with Gasteiger partial charge in [-0.1, -0.05) is 50.2 Å². The molecule has 2 rings (SSSR count). The van der Waals surface area contributed by atoms with E-state index in [0.717, 1.165) is 30.3 Å². The van der Waals surface area contributed by atoms with E-state index in [0.29, 0.717) is 6.54 Å². The minimum absolute atomic E-state index is 0.0237. The van der Waals surface area contributed by atoms with Gasteiger partial charge in [0.15, 0.2) is 5.96 Å². The van der Waals surface area contributed by atoms with Gasteiger partial charge >= 0.3 is 0 Å². The van der Waals surface area contributed by atoms with Crippen molar-refractivity contribution < 1.29 is 4.79 Å². The van der Waals surface area contributed by atoms with Gasteiger partial charge in [-0.25, -0.2) is 4.99 Å². The van der Waals surface area contributed by atoms with Crippen molar-refractivity contribution in [2.45, 2.75) is 40.8 Å². The normalized spacial score (nSPS) is 11.4. The number of benzene rings is 2. The van der Waals surface area contributed by atoms with Crippen molar-refractivity contribution in [3.05, 3.63) is 65.2 Å². The van der Waals surface area contributed by atoms with Gasteiger partial charge in [0.25, 0.3) is 0 Å². The van der Waals surface area contributed by atoms with Gasteiger partial charge in [0, 0.05) is 24.7 Å². The Morgan fingerprint density at radius 1 is 1.04 bits per heavy atom. The number of anilines is 1. The molecule has 27 heavy (non-hydrogen) atoms. The zero-order chi connectivity index (χ0) is 19.6. The summed E-state index contributed by atoms with van der Waals surface area (Å²) in [7, 11) is 0. The lowest BCUT2D eigenvalue weighted by Crippen LogP contribution is -2.36. The lowest BCUT2D eigenvalue weighted by atomic mass is 10.1. The highest BCUT2D eigenvalue weighted by molar-refractivity contribution is 5.92. The molecule has 0 aliphatic rings. The minimum Gasteiger partial charge on any atom is -0.357 e. The van der Waals surface area contributed by atoms with E-state index in [1.165, 1.54) is 11.1 Å². The summed E-state index contributed by atoms with van der Waals surface area (Å²) in [5.74, 6) is 0.782. The van der Waals surface area contributed by atoms with Crippen LogP contribution in [0, 0.1) is 12.8 Å². The summed E-state index contributed by atoms with van der Waals surface area (Å²) in [5, 5.41) is 9.55. The summed E-state index contributed by atoms with van der Waals surface area (Å²) in [6, 6.07) is 16.1. The number of hydrogen-bond donors (Lipinski definition) is 3. The Labute approximate surface area is 162 Å². The Hall–Kier alpha value is -2.82. The lowest BCUT2D eigenvalue weighted by molar-refractivity contribution is -0.118. The molecule has 3 N–H and O–H groups in total. The topological polar surface area (TPSA) is 65.5 Å². The van der Waals surface area contributed by atoms with Crippen LogP contribution in [0.15, 0.2) is 53.5 Å². The van der Waals surface area contributed by atoms with Crippen LogP contribution in [-0.2, 0) is 17.9 Å². The maximum absolute atomic E-state index is 11.7. The molecular weight excluding hydrogens is 336 g/mol. The van der Waals surface area contributed by atoms with Crippen molar-refractivity contribution in [3.63, 3.8) is 0 Å². The summed E-state index contributed by atoms with van der Waals surface area (Å²) in [6.45, 7) is 10.0. The molecule has 0 saturated carbocycles. The fraction of sp³-hybridized carbons (Fsp3) is 0.364. The van der Waals surface area contributed by atoms with Crippen LogP contribution in [0.1, 0.15) is 37.5 Å². The van der Waals surface area contributed by atoms with Crippen LogP contribution < -0.4 is 16.0 Å². The fourth-order valence-electron chi connectivity index (χ4n) is 2.48. The van der Waals surface area contributed by atoms with Crippen molar-refractivity contribution in [2.24, 2.45) is 10.9 Å². The molecule has 0 unspecified atom stereocenters. The monoisotopic (exact) mass is 366 g/mol. The Kier molecular flexibility index (Phi) is 7.86. The Balaban J connectivity index is 1.95. The molecule has 0 radical (unpaired) electrons. The van der Waals surface area contributed by atoms with Crippen LogP contribution in [0.4, 0.5) is 5.69 Å². The van der Waals surface area contributed by atoms with Gasteiger partial charge in [-0.2, -0.15) is 0 Å². The smallest absolute Gasteiger partial charge is 0.226 e. The van der Waals surface area contributed by atoms with E-state index in [2.05, 4.69) is 46.9 Å². The molecule has 0 aromatic heterocycles. The first kappa shape index (κ1) is 20.5. The third kappa shape index (κ3) is 6.77. The Morgan fingerprint density at radius 2 is 1.74 bits per heavy atom. The highest BCUT2D eigenvalue weighted by Crippen LogP contribution is 2.12. The first-order valence-corrected chi connectivity index (χ1v) is 9.46. The van der Waals surface area contributed by atoms with Crippen LogP contribution in [0.2, 0.25) is 0 Å². The number of aliphatic imine (C=N–C) groups is 1. The van der Waals surface area contributed by atoms with Gasteiger partial charge in [0.2, 0.25) is 5.91 Å². The summed E-state index contributed by atoms with van der Waals surface area (Å²) < 4.78 is 0. The van der Waals surface area contributed by atoms with Crippen LogP contribution in [0.25, 0.3) is 0 Å². The lowest BCUT2D eigenvalue weighted by Gasteiger charge is -2.13. The number of guanidine groups is 1. The fourth-order valence-corrected chi connectivity index (χ4v) is 2.48. The average molecular weight is 367 g/mol. The van der Waals surface area contributed by atoms with Crippen molar-refractivity contribution in [3.8, 4) is 0 Å². The zero-order valence-electron chi connectivity index (χ0n) is 16.7. The van der Waals surface area contributed by atoms with Gasteiger partial charge in [0.05, 0.1) is 6.54 Å². The molecule has 0 aliphatic carbocycles. The van der Waals surface area contributed by atoms with E-state index >= 15 is 0 Å². The van der Waals surface area contributed by atoms with Crippen LogP contribution in [-0.4, -0.2) is 18.4 Å². The quantitative estimate of drug-likeness (QED) is 0.515. The Morgan fingerprint density at radius 3 is 2.37 bits per heavy atom. The molecule has 0 heterocycles. The molecule has 0 atom stereocenters. The van der Waals surface area contributed by atoms with E-state index in [1.807, 2.05) is 50.2 Å². The number of nitrogens with zero attached hydrogens (tertiary/aromatic N) is 1. The van der Waals surface area contributed by atoms with Crippen LogP contribution >= 0.6 is 0 Å². The summed E-state index contributed by atoms with van der Waals surface area (Å²) in [4.78, 5) is 16.4. The van der Waals surface area contributed by atoms with Crippen molar-refractivity contribution in [1.82, 2.24) is 10.6 Å². The molecule has 0 spiro atoms. The van der Waals surface area contributed by atoms with Gasteiger partial charge < -0.3 is 16.0 Å². The number of carbonyl (C=O) groups excluding carboxylic acids is 1. The molecule has 144 valence electrons. The highest BCUT2D eigenvalue weighted by Gasteiger charge is 2.06. The second-order valence-electron chi connectivity index (χ2n) is 6.82. The number of rotatable bonds is 7. The number of hydrogen-bond acceptors (Lipinski definition) is 2. The number of aryl methyl sites for hydroxylation is 1. The number of nitrogens with one attached hydrogen (secondary N) is 3. The van der Waals surface area contributed by atoms with E-state index in [1.54, 1.807) is 0 Å². The molecular formula is C22H30N4O. The maximum Gasteiger partial charge on any atom is 0.226 e. The predicted octanol–water partition coefficient (Wildman–Crippen LogP) is 3.84. The first-order valence-electron chi connectivity index (χ1n) is 9.46. The maximum atomic E-state index is 11.7. The first-order chi connectivity index (χ1) is 13.0. The third-order valence-corrected chi connectivity index (χ3v) is 4.22. The number of carbonyl (C=O) groups is 1. The molecule has 2 aromatic rings. The molecule has 0 aliphatic heterocycles. The number of amides is 1. The predicted molar refractivity (Wildman–Crippen MR) is 113 cm³/mol. The average Bonchev–Trinajstić information content (AvgIpc) is 2.66. The SMILES string of the molecule is CCNC(=NCc1ccc(NC(=O)C(C)C)cc1)NCc1ccccc1C. The van der Waals surface area contributed by atoms with E-state index < -0.39 is 0 Å². The Bertz CT molecular complexity index is 766. The molecule has 5 nitrogen and oxygen atoms in total. The molecule has 0 fully saturated rings. The van der Waals surface area contributed by atoms with Gasteiger partial charge in [-0.15, -0.1) is 0 Å². The van der Waals surface area contributed by atoms with E-state index in [4.69, 9.17) is 0 Å². The van der Waals surface area contributed by atoms with Gasteiger partial charge in [-0.05, 0) is 42.7 Å². The van der Waals surface area contributed by atoms with Crippen molar-refractivity contribution in [2.75, 3.05) is 11.9 Å². The van der Waals surface area contributed by atoms with Gasteiger partial charge in [0.1, 0.15) is 0 Å². The van der Waals surface area contributed by atoms with Crippen LogP contribution in [0.3, 0.4) is 0 Å². The van der Waals surface area contributed by atoms with E-state index in [-0.39, 0.29) is 11.8 Å². The summed E-state index contributed by atoms with van der Waals surface area (Å²) in [5.41, 5.74) is 4.42. The van der Waals surface area contributed by atoms with Gasteiger partial charge in [-0.3, -0.25) is 4.79 Å². The molecule has 0 saturated heterocycles. The minimum atomic E-state index is -0.0312. The highest BCUT2D eigenvalue weighted by atomic mass is 16.1. The second-order valence-corrected chi connectivity index (χ2v) is 6.82. The summed E-state index contributed by atoms with van der Waals surface area (Å²) in [6.07, 6.45) is 0. The third-order valence-electron chi connectivity index (χ3n) is 4.22. The summed E-state index contributed by atoms with van der Waals surface area (Å²) >= 11 is 0. The van der Waals surface area contributed by atoms with Crippen LogP contribution in [0.5, 0.6) is 0 Å². The molecule has 1 amide bonds. The van der Waals surface area contributed by atoms with Crippen molar-refractivity contribution in [1.29, 1.82) is 0 Å². The molecule has 5 heteroatoms. The largest absolute Gasteiger partial charge is 0.357 e. The zero-order valence-corrected chi connectivity index (χ0v) is 16.7. The molecule has 2 aromatic carbocycles. The standard InChI is InChI=1S/C22H30N4O/c1-5-23-22(25-15-19-9-7-6-8-17(19)4)24-14-18-10-12-20(13-11-18)26-21(27)16(2)3/h6-13,16H,5,14-15H2,1-4H3,(H,26,27)(H2,23,24,25).